The van der Waals surface area contributed by atoms with Gasteiger partial charge in [0.2, 0.25) is 6.79 Å². The van der Waals surface area contributed by atoms with Crippen molar-refractivity contribution >= 4 is 39.0 Å². The van der Waals surface area contributed by atoms with Crippen molar-refractivity contribution in [3.63, 3.8) is 0 Å². The van der Waals surface area contributed by atoms with Gasteiger partial charge in [-0.05, 0) is 63.5 Å². The number of fused-ring (bicyclic) bond motifs is 2. The van der Waals surface area contributed by atoms with Crippen molar-refractivity contribution in [3.05, 3.63) is 112 Å². The standard InChI is InChI=1S/C32H24BrN3O5/c1-38-30-15-21(13-25(33)31(30)39-18-20-11-12-28-29(14-20)41-19-40-28)17-34-36-32(37)24-16-27(22-7-3-2-4-8-22)35-26-10-6-5-9-23(24)26/h2-17H,18-19H2,1H3,(H,36,37)/b34-17+. The quantitative estimate of drug-likeness (QED) is 0.155. The molecule has 0 unspecified atom stereocenters. The van der Waals surface area contributed by atoms with Gasteiger partial charge >= 0.3 is 0 Å². The van der Waals surface area contributed by atoms with Gasteiger partial charge in [-0.1, -0.05) is 54.6 Å². The normalized spacial score (nSPS) is 12.0. The third-order valence-corrected chi connectivity index (χ3v) is 7.07. The smallest absolute Gasteiger partial charge is 0.272 e. The van der Waals surface area contributed by atoms with Crippen molar-refractivity contribution in [2.45, 2.75) is 6.61 Å². The lowest BCUT2D eigenvalue weighted by Gasteiger charge is -2.14. The van der Waals surface area contributed by atoms with Crippen LogP contribution in [-0.2, 0) is 6.61 Å². The van der Waals surface area contributed by atoms with Crippen LogP contribution in [0.4, 0.5) is 0 Å². The number of para-hydroxylation sites is 1. The molecule has 9 heteroatoms. The molecule has 0 radical (unpaired) electrons. The topological polar surface area (TPSA) is 91.3 Å². The molecule has 5 aromatic rings. The van der Waals surface area contributed by atoms with Gasteiger partial charge in [-0.15, -0.1) is 0 Å². The van der Waals surface area contributed by atoms with E-state index >= 15 is 0 Å². The number of benzene rings is 4. The first kappa shape index (κ1) is 26.3. The first-order valence-corrected chi connectivity index (χ1v) is 13.6. The highest BCUT2D eigenvalue weighted by Crippen LogP contribution is 2.38. The van der Waals surface area contributed by atoms with Crippen LogP contribution in [0.25, 0.3) is 22.2 Å². The highest BCUT2D eigenvalue weighted by atomic mass is 79.9. The molecule has 0 atom stereocenters. The lowest BCUT2D eigenvalue weighted by Crippen LogP contribution is -2.18. The summed E-state index contributed by atoms with van der Waals surface area (Å²) in [6.07, 6.45) is 1.55. The minimum absolute atomic E-state index is 0.219. The second-order valence-corrected chi connectivity index (χ2v) is 10.0. The zero-order chi connectivity index (χ0) is 28.2. The predicted molar refractivity (Wildman–Crippen MR) is 160 cm³/mol. The summed E-state index contributed by atoms with van der Waals surface area (Å²) in [5.41, 5.74) is 7.13. The second-order valence-electron chi connectivity index (χ2n) is 9.15. The number of nitrogens with zero attached hydrogens (tertiary/aromatic N) is 2. The molecule has 0 spiro atoms. The first-order valence-electron chi connectivity index (χ1n) is 12.8. The van der Waals surface area contributed by atoms with Gasteiger partial charge in [0.05, 0.1) is 34.6 Å². The third kappa shape index (κ3) is 5.71. The molecule has 1 amide bonds. The molecule has 1 aromatic heterocycles. The molecular weight excluding hydrogens is 586 g/mol. The molecular formula is C32H24BrN3O5. The number of ether oxygens (including phenoxy) is 4. The Morgan fingerprint density at radius 1 is 1.00 bits per heavy atom. The zero-order valence-corrected chi connectivity index (χ0v) is 23.6. The Labute approximate surface area is 244 Å². The van der Waals surface area contributed by atoms with E-state index in [0.29, 0.717) is 45.1 Å². The Kier molecular flexibility index (Phi) is 7.51. The summed E-state index contributed by atoms with van der Waals surface area (Å²) in [4.78, 5) is 18.0. The fourth-order valence-corrected chi connectivity index (χ4v) is 5.06. The number of nitrogens with one attached hydrogen (secondary N) is 1. The van der Waals surface area contributed by atoms with E-state index in [1.807, 2.05) is 78.9 Å². The maximum absolute atomic E-state index is 13.2. The van der Waals surface area contributed by atoms with Gasteiger partial charge in [0.15, 0.2) is 23.0 Å². The van der Waals surface area contributed by atoms with Crippen LogP contribution in [0.2, 0.25) is 0 Å². The number of aromatic nitrogens is 1. The number of pyridine rings is 1. The van der Waals surface area contributed by atoms with E-state index in [0.717, 1.165) is 27.8 Å². The second kappa shape index (κ2) is 11.7. The van der Waals surface area contributed by atoms with Crippen molar-refractivity contribution in [1.82, 2.24) is 10.4 Å². The maximum Gasteiger partial charge on any atom is 0.272 e. The van der Waals surface area contributed by atoms with Crippen LogP contribution in [0.3, 0.4) is 0 Å². The SMILES string of the molecule is COc1cc(/C=N/NC(=O)c2cc(-c3ccccc3)nc3ccccc23)cc(Br)c1OCc1ccc2c(c1)OCO2. The van der Waals surface area contributed by atoms with E-state index in [1.54, 1.807) is 25.5 Å². The minimum Gasteiger partial charge on any atom is -0.493 e. The van der Waals surface area contributed by atoms with E-state index in [-0.39, 0.29) is 12.7 Å². The fraction of sp³-hybridized carbons (Fsp3) is 0.0938. The Bertz CT molecular complexity index is 1780. The molecule has 41 heavy (non-hydrogen) atoms. The summed E-state index contributed by atoms with van der Waals surface area (Å²) in [6.45, 7) is 0.524. The minimum atomic E-state index is -0.341. The Morgan fingerprint density at radius 3 is 2.66 bits per heavy atom. The monoisotopic (exact) mass is 609 g/mol. The van der Waals surface area contributed by atoms with Crippen LogP contribution in [-0.4, -0.2) is 31.0 Å². The van der Waals surface area contributed by atoms with Crippen molar-refractivity contribution < 1.29 is 23.7 Å². The summed E-state index contributed by atoms with van der Waals surface area (Å²) in [5, 5.41) is 4.96. The molecule has 0 aliphatic carbocycles. The first-order chi connectivity index (χ1) is 20.1. The van der Waals surface area contributed by atoms with Gasteiger partial charge in [0.25, 0.3) is 5.91 Å². The molecule has 0 bridgehead atoms. The van der Waals surface area contributed by atoms with Gasteiger partial charge < -0.3 is 18.9 Å². The number of halogens is 1. The van der Waals surface area contributed by atoms with E-state index < -0.39 is 0 Å². The summed E-state index contributed by atoms with van der Waals surface area (Å²) in [6, 6.07) is 28.4. The maximum atomic E-state index is 13.2. The van der Waals surface area contributed by atoms with Gasteiger partial charge in [0, 0.05) is 10.9 Å². The van der Waals surface area contributed by atoms with E-state index in [4.69, 9.17) is 23.9 Å². The summed E-state index contributed by atoms with van der Waals surface area (Å²) >= 11 is 3.57. The number of amides is 1. The summed E-state index contributed by atoms with van der Waals surface area (Å²) in [7, 11) is 1.57. The van der Waals surface area contributed by atoms with Crippen LogP contribution < -0.4 is 24.4 Å². The largest absolute Gasteiger partial charge is 0.493 e. The van der Waals surface area contributed by atoms with Gasteiger partial charge in [0.1, 0.15) is 6.61 Å². The average Bonchev–Trinajstić information content (AvgIpc) is 3.48. The van der Waals surface area contributed by atoms with Crippen LogP contribution in [0.15, 0.2) is 101 Å². The van der Waals surface area contributed by atoms with Crippen molar-refractivity contribution in [3.8, 4) is 34.3 Å². The van der Waals surface area contributed by atoms with E-state index in [2.05, 4.69) is 26.5 Å². The zero-order valence-electron chi connectivity index (χ0n) is 22.0. The van der Waals surface area contributed by atoms with Gasteiger partial charge in [-0.2, -0.15) is 5.10 Å². The molecule has 0 fully saturated rings. The van der Waals surface area contributed by atoms with Crippen LogP contribution >= 0.6 is 15.9 Å². The lowest BCUT2D eigenvalue weighted by atomic mass is 10.0. The molecule has 0 saturated carbocycles. The molecule has 4 aromatic carbocycles. The molecule has 204 valence electrons. The molecule has 1 aliphatic rings. The third-order valence-electron chi connectivity index (χ3n) is 6.48. The number of rotatable bonds is 8. The van der Waals surface area contributed by atoms with Crippen molar-refractivity contribution in [1.29, 1.82) is 0 Å². The summed E-state index contributed by atoms with van der Waals surface area (Å²) in [5.74, 6) is 2.13. The molecule has 2 heterocycles. The van der Waals surface area contributed by atoms with Crippen molar-refractivity contribution in [2.24, 2.45) is 5.10 Å². The van der Waals surface area contributed by atoms with E-state index in [9.17, 15) is 4.79 Å². The molecule has 0 saturated heterocycles. The van der Waals surface area contributed by atoms with Gasteiger partial charge in [-0.25, -0.2) is 10.4 Å². The number of hydrogen-bond donors (Lipinski definition) is 1. The number of carbonyl (C=O) groups excluding carboxylic acids is 1. The summed E-state index contributed by atoms with van der Waals surface area (Å²) < 4.78 is 23.1. The Morgan fingerprint density at radius 2 is 1.80 bits per heavy atom. The molecule has 6 rings (SSSR count). The highest BCUT2D eigenvalue weighted by molar-refractivity contribution is 9.10. The van der Waals surface area contributed by atoms with Gasteiger partial charge in [-0.3, -0.25) is 4.79 Å². The average molecular weight is 610 g/mol. The Balaban J connectivity index is 1.19. The number of hydrogen-bond acceptors (Lipinski definition) is 7. The molecule has 1 N–H and O–H groups in total. The van der Waals surface area contributed by atoms with E-state index in [1.165, 1.54) is 0 Å². The van der Waals surface area contributed by atoms with Crippen LogP contribution in [0.5, 0.6) is 23.0 Å². The fourth-order valence-electron chi connectivity index (χ4n) is 4.49. The van der Waals surface area contributed by atoms with Crippen molar-refractivity contribution in [2.75, 3.05) is 13.9 Å². The predicted octanol–water partition coefficient (Wildman–Crippen LogP) is 6.74. The van der Waals surface area contributed by atoms with Crippen LogP contribution in [0, 0.1) is 0 Å². The molecule has 1 aliphatic heterocycles. The number of carbonyl (C=O) groups is 1. The highest BCUT2D eigenvalue weighted by Gasteiger charge is 2.16. The van der Waals surface area contributed by atoms with Crippen LogP contribution in [0.1, 0.15) is 21.5 Å². The molecule has 8 nitrogen and oxygen atoms in total. The number of hydrazone groups is 1. The lowest BCUT2D eigenvalue weighted by molar-refractivity contribution is 0.0956. The Hall–Kier alpha value is -4.89. The number of methoxy groups -OCH3 is 1.